The minimum Gasteiger partial charge on any atom is -0.469 e. The SMILES string of the molecule is COC(=O)Cc1c(-c2c(Cl)cccc2Cl)noc1C1CC1. The molecule has 21 heavy (non-hydrogen) atoms. The molecule has 1 aromatic carbocycles. The van der Waals surface area contributed by atoms with Gasteiger partial charge in [-0.05, 0) is 25.0 Å². The second kappa shape index (κ2) is 5.70. The first-order chi connectivity index (χ1) is 10.1. The smallest absolute Gasteiger partial charge is 0.310 e. The van der Waals surface area contributed by atoms with Crippen molar-refractivity contribution in [2.45, 2.75) is 25.2 Å². The molecule has 1 aromatic heterocycles. The molecule has 1 heterocycles. The number of esters is 1. The van der Waals surface area contributed by atoms with Crippen LogP contribution >= 0.6 is 23.2 Å². The molecule has 0 N–H and O–H groups in total. The van der Waals surface area contributed by atoms with Crippen molar-refractivity contribution in [2.75, 3.05) is 7.11 Å². The Morgan fingerprint density at radius 2 is 2.05 bits per heavy atom. The van der Waals surface area contributed by atoms with E-state index in [9.17, 15) is 4.79 Å². The average molecular weight is 326 g/mol. The number of methoxy groups -OCH3 is 1. The zero-order valence-corrected chi connectivity index (χ0v) is 12.9. The number of hydrogen-bond donors (Lipinski definition) is 0. The van der Waals surface area contributed by atoms with Crippen LogP contribution in [0.2, 0.25) is 10.0 Å². The lowest BCUT2D eigenvalue weighted by Crippen LogP contribution is -2.06. The molecular weight excluding hydrogens is 313 g/mol. The second-order valence-corrected chi connectivity index (χ2v) is 5.81. The number of halogens is 2. The van der Waals surface area contributed by atoms with Gasteiger partial charge < -0.3 is 9.26 Å². The van der Waals surface area contributed by atoms with Crippen LogP contribution in [0.25, 0.3) is 11.3 Å². The van der Waals surface area contributed by atoms with Gasteiger partial charge in [0, 0.05) is 17.0 Å². The summed E-state index contributed by atoms with van der Waals surface area (Å²) in [4.78, 5) is 11.7. The fourth-order valence-electron chi connectivity index (χ4n) is 2.30. The van der Waals surface area contributed by atoms with Gasteiger partial charge in [-0.15, -0.1) is 0 Å². The van der Waals surface area contributed by atoms with Crippen LogP contribution in [0.15, 0.2) is 22.7 Å². The number of ether oxygens (including phenoxy) is 1. The van der Waals surface area contributed by atoms with Crippen molar-refractivity contribution in [1.82, 2.24) is 5.16 Å². The summed E-state index contributed by atoms with van der Waals surface area (Å²) >= 11 is 12.5. The molecule has 0 aliphatic heterocycles. The quantitative estimate of drug-likeness (QED) is 0.789. The third kappa shape index (κ3) is 2.78. The van der Waals surface area contributed by atoms with Crippen LogP contribution in [-0.4, -0.2) is 18.2 Å². The number of carbonyl (C=O) groups excluding carboxylic acids is 1. The van der Waals surface area contributed by atoms with Crippen molar-refractivity contribution in [3.05, 3.63) is 39.6 Å². The van der Waals surface area contributed by atoms with Crippen LogP contribution in [0.5, 0.6) is 0 Å². The van der Waals surface area contributed by atoms with Gasteiger partial charge in [0.2, 0.25) is 0 Å². The molecule has 110 valence electrons. The zero-order valence-electron chi connectivity index (χ0n) is 11.4. The van der Waals surface area contributed by atoms with Crippen LogP contribution < -0.4 is 0 Å². The Labute approximate surface area is 132 Å². The summed E-state index contributed by atoms with van der Waals surface area (Å²) in [5.74, 6) is 0.725. The number of carbonyl (C=O) groups is 1. The van der Waals surface area contributed by atoms with Crippen LogP contribution in [0.4, 0.5) is 0 Å². The molecular formula is C15H13Cl2NO3. The number of rotatable bonds is 4. The van der Waals surface area contributed by atoms with E-state index in [1.165, 1.54) is 7.11 Å². The van der Waals surface area contributed by atoms with E-state index in [0.717, 1.165) is 24.2 Å². The Hall–Kier alpha value is -1.52. The number of hydrogen-bond acceptors (Lipinski definition) is 4. The normalized spacial score (nSPS) is 14.2. The summed E-state index contributed by atoms with van der Waals surface area (Å²) in [6, 6.07) is 5.22. The van der Waals surface area contributed by atoms with Crippen molar-refractivity contribution in [3.8, 4) is 11.3 Å². The van der Waals surface area contributed by atoms with Crippen LogP contribution in [0.1, 0.15) is 30.1 Å². The van der Waals surface area contributed by atoms with Crippen molar-refractivity contribution in [1.29, 1.82) is 0 Å². The third-order valence-electron chi connectivity index (χ3n) is 3.52. The molecule has 0 bridgehead atoms. The van der Waals surface area contributed by atoms with Gasteiger partial charge >= 0.3 is 5.97 Å². The topological polar surface area (TPSA) is 52.3 Å². The molecule has 0 radical (unpaired) electrons. The van der Waals surface area contributed by atoms with Crippen molar-refractivity contribution >= 4 is 29.2 Å². The maximum Gasteiger partial charge on any atom is 0.310 e. The van der Waals surface area contributed by atoms with Crippen molar-refractivity contribution < 1.29 is 14.1 Å². The van der Waals surface area contributed by atoms with E-state index in [0.29, 0.717) is 27.2 Å². The molecule has 0 amide bonds. The van der Waals surface area contributed by atoms with Gasteiger partial charge in [0.15, 0.2) is 0 Å². The van der Waals surface area contributed by atoms with E-state index in [1.807, 2.05) is 0 Å². The summed E-state index contributed by atoms with van der Waals surface area (Å²) in [7, 11) is 1.36. The molecule has 1 aliphatic carbocycles. The Balaban J connectivity index is 2.11. The molecule has 2 aromatic rings. The highest BCUT2D eigenvalue weighted by Crippen LogP contribution is 2.45. The summed E-state index contributed by atoms with van der Waals surface area (Å²) in [6.07, 6.45) is 2.18. The highest BCUT2D eigenvalue weighted by atomic mass is 35.5. The van der Waals surface area contributed by atoms with Gasteiger partial charge in [-0.2, -0.15) is 0 Å². The number of nitrogens with zero attached hydrogens (tertiary/aromatic N) is 1. The first kappa shape index (κ1) is 14.4. The summed E-state index contributed by atoms with van der Waals surface area (Å²) < 4.78 is 10.2. The van der Waals surface area contributed by atoms with Gasteiger partial charge in [0.05, 0.1) is 23.6 Å². The maximum absolute atomic E-state index is 11.7. The standard InChI is InChI=1S/C15H13Cl2NO3/c1-20-12(19)7-9-14(18-21-15(9)8-5-6-8)13-10(16)3-2-4-11(13)17/h2-4,8H,5-7H2,1H3. The molecule has 1 saturated carbocycles. The summed E-state index contributed by atoms with van der Waals surface area (Å²) in [6.45, 7) is 0. The van der Waals surface area contributed by atoms with E-state index in [1.54, 1.807) is 18.2 Å². The predicted octanol–water partition coefficient (Wildman–Crippen LogP) is 4.24. The molecule has 1 fully saturated rings. The molecule has 0 saturated heterocycles. The largest absolute Gasteiger partial charge is 0.469 e. The van der Waals surface area contributed by atoms with E-state index >= 15 is 0 Å². The third-order valence-corrected chi connectivity index (χ3v) is 4.14. The Kier molecular flexibility index (Phi) is 3.91. The second-order valence-electron chi connectivity index (χ2n) is 5.00. The Morgan fingerprint density at radius 3 is 2.62 bits per heavy atom. The zero-order chi connectivity index (χ0) is 15.0. The number of benzene rings is 1. The molecule has 0 unspecified atom stereocenters. The molecule has 1 aliphatic rings. The monoisotopic (exact) mass is 325 g/mol. The summed E-state index contributed by atoms with van der Waals surface area (Å²) in [5, 5.41) is 5.06. The first-order valence-electron chi connectivity index (χ1n) is 6.61. The lowest BCUT2D eigenvalue weighted by atomic mass is 10.0. The van der Waals surface area contributed by atoms with E-state index in [2.05, 4.69) is 5.16 Å². The van der Waals surface area contributed by atoms with Crippen molar-refractivity contribution in [2.24, 2.45) is 0 Å². The lowest BCUT2D eigenvalue weighted by molar-refractivity contribution is -0.139. The van der Waals surface area contributed by atoms with E-state index in [4.69, 9.17) is 32.5 Å². The fourth-order valence-corrected chi connectivity index (χ4v) is 2.87. The molecule has 3 rings (SSSR count). The van der Waals surface area contributed by atoms with Crippen molar-refractivity contribution in [3.63, 3.8) is 0 Å². The van der Waals surface area contributed by atoms with Crippen LogP contribution in [-0.2, 0) is 16.0 Å². The Bertz CT molecular complexity index is 672. The maximum atomic E-state index is 11.7. The minimum atomic E-state index is -0.343. The lowest BCUT2D eigenvalue weighted by Gasteiger charge is -2.06. The van der Waals surface area contributed by atoms with Gasteiger partial charge in [-0.3, -0.25) is 4.79 Å². The first-order valence-corrected chi connectivity index (χ1v) is 7.37. The molecule has 0 spiro atoms. The highest BCUT2D eigenvalue weighted by molar-refractivity contribution is 6.39. The van der Waals surface area contributed by atoms with Crippen LogP contribution in [0, 0.1) is 0 Å². The van der Waals surface area contributed by atoms with E-state index in [-0.39, 0.29) is 12.4 Å². The fraction of sp³-hybridized carbons (Fsp3) is 0.333. The minimum absolute atomic E-state index is 0.0999. The highest BCUT2D eigenvalue weighted by Gasteiger charge is 2.34. The van der Waals surface area contributed by atoms with E-state index < -0.39 is 0 Å². The van der Waals surface area contributed by atoms with Gasteiger partial charge in [-0.25, -0.2) is 0 Å². The molecule has 0 atom stereocenters. The predicted molar refractivity (Wildman–Crippen MR) is 79.7 cm³/mol. The Morgan fingerprint density at radius 1 is 1.38 bits per heavy atom. The average Bonchev–Trinajstić information content (AvgIpc) is 3.22. The van der Waals surface area contributed by atoms with Crippen LogP contribution in [0.3, 0.4) is 0 Å². The van der Waals surface area contributed by atoms with Gasteiger partial charge in [0.25, 0.3) is 0 Å². The number of aromatic nitrogens is 1. The van der Waals surface area contributed by atoms with Gasteiger partial charge in [-0.1, -0.05) is 34.4 Å². The molecule has 4 nitrogen and oxygen atoms in total. The summed E-state index contributed by atoms with van der Waals surface area (Å²) in [5.41, 5.74) is 1.84. The molecule has 6 heteroatoms. The van der Waals surface area contributed by atoms with Gasteiger partial charge in [0.1, 0.15) is 11.5 Å².